The van der Waals surface area contributed by atoms with Crippen molar-refractivity contribution in [2.24, 2.45) is 0 Å². The van der Waals surface area contributed by atoms with Crippen LogP contribution in [0.3, 0.4) is 0 Å². The smallest absolute Gasteiger partial charge is 0.251 e. The highest BCUT2D eigenvalue weighted by Crippen LogP contribution is 2.39. The van der Waals surface area contributed by atoms with Crippen LogP contribution in [-0.4, -0.2) is 61.6 Å². The fourth-order valence-electron chi connectivity index (χ4n) is 6.72. The van der Waals surface area contributed by atoms with Gasteiger partial charge in [0.1, 0.15) is 11.6 Å². The Kier molecular flexibility index (Phi) is 9.00. The third-order valence-corrected chi connectivity index (χ3v) is 9.24. The second kappa shape index (κ2) is 14.0. The standard InChI is InChI=1S/C41H35N5O3/c42-26-35-38(43-20-21-44-41(49)31-16-14-30(15-17-31)39(47)29-10-5-2-6-11-29)33-18-19-36(32-12-7-13-34(37(32)33)40(35)48)46-24-22-45(23-25-46)27-28-8-3-1-4-9-28/h1-19,43H,20-25,27H2,(H,44,49). The van der Waals surface area contributed by atoms with E-state index in [-0.39, 0.29) is 29.6 Å². The monoisotopic (exact) mass is 645 g/mol. The maximum atomic E-state index is 13.6. The Labute approximate surface area is 285 Å². The number of piperazine rings is 1. The van der Waals surface area contributed by atoms with Crippen molar-refractivity contribution < 1.29 is 14.4 Å². The molecule has 0 bridgehead atoms. The van der Waals surface area contributed by atoms with Crippen LogP contribution in [0.25, 0.3) is 16.5 Å². The Bertz CT molecular complexity index is 2110. The third kappa shape index (κ3) is 6.45. The molecule has 0 spiro atoms. The molecule has 1 amide bonds. The van der Waals surface area contributed by atoms with Crippen LogP contribution in [0.15, 0.2) is 121 Å². The summed E-state index contributed by atoms with van der Waals surface area (Å²) in [7, 11) is 0. The van der Waals surface area contributed by atoms with Gasteiger partial charge >= 0.3 is 0 Å². The topological polar surface area (TPSA) is 106 Å². The van der Waals surface area contributed by atoms with Crippen molar-refractivity contribution in [3.8, 4) is 6.07 Å². The lowest BCUT2D eigenvalue weighted by atomic mass is 9.85. The summed E-state index contributed by atoms with van der Waals surface area (Å²) >= 11 is 0. The summed E-state index contributed by atoms with van der Waals surface area (Å²) in [6.07, 6.45) is 0. The maximum absolute atomic E-state index is 13.6. The molecule has 0 unspecified atom stereocenters. The quantitative estimate of drug-likeness (QED) is 0.145. The second-order valence-electron chi connectivity index (χ2n) is 12.3. The van der Waals surface area contributed by atoms with Crippen LogP contribution in [0.2, 0.25) is 0 Å². The van der Waals surface area contributed by atoms with Gasteiger partial charge in [-0.3, -0.25) is 19.3 Å². The number of amides is 1. The van der Waals surface area contributed by atoms with Crippen LogP contribution >= 0.6 is 0 Å². The Morgan fingerprint density at radius 1 is 0.694 bits per heavy atom. The second-order valence-corrected chi connectivity index (χ2v) is 12.3. The molecule has 1 aliphatic carbocycles. The number of nitrogens with zero attached hydrogens (tertiary/aromatic N) is 3. The minimum absolute atomic E-state index is 0.0623. The largest absolute Gasteiger partial charge is 0.382 e. The maximum Gasteiger partial charge on any atom is 0.251 e. The first-order chi connectivity index (χ1) is 24.0. The first kappa shape index (κ1) is 31.6. The number of Topliss-reactive ketones (excluding diaryl/α,β-unsaturated/α-hetero) is 1. The van der Waals surface area contributed by atoms with Crippen molar-refractivity contribution in [3.05, 3.63) is 154 Å². The van der Waals surface area contributed by atoms with Gasteiger partial charge in [0.25, 0.3) is 5.91 Å². The van der Waals surface area contributed by atoms with Crippen molar-refractivity contribution in [1.82, 2.24) is 15.5 Å². The van der Waals surface area contributed by atoms with Crippen molar-refractivity contribution in [2.75, 3.05) is 44.2 Å². The molecule has 0 atom stereocenters. The number of hydrogen-bond acceptors (Lipinski definition) is 7. The summed E-state index contributed by atoms with van der Waals surface area (Å²) in [5, 5.41) is 18.1. The molecule has 1 heterocycles. The van der Waals surface area contributed by atoms with Gasteiger partial charge in [0.05, 0.1) is 5.70 Å². The number of nitrogens with one attached hydrogen (secondary N) is 2. The van der Waals surface area contributed by atoms with Crippen molar-refractivity contribution >= 4 is 39.6 Å². The van der Waals surface area contributed by atoms with Gasteiger partial charge in [-0.25, -0.2) is 0 Å². The van der Waals surface area contributed by atoms with Gasteiger partial charge in [-0.2, -0.15) is 5.26 Å². The van der Waals surface area contributed by atoms with Gasteiger partial charge in [-0.1, -0.05) is 97.1 Å². The van der Waals surface area contributed by atoms with Gasteiger partial charge in [-0.05, 0) is 23.8 Å². The average Bonchev–Trinajstić information content (AvgIpc) is 3.16. The van der Waals surface area contributed by atoms with E-state index < -0.39 is 0 Å². The Morgan fingerprint density at radius 2 is 1.37 bits per heavy atom. The molecular weight excluding hydrogens is 610 g/mol. The number of allylic oxidation sites excluding steroid dienone is 1. The predicted octanol–water partition coefficient (Wildman–Crippen LogP) is 5.84. The highest BCUT2D eigenvalue weighted by atomic mass is 16.1. The van der Waals surface area contributed by atoms with Crippen LogP contribution in [0.1, 0.15) is 47.8 Å². The van der Waals surface area contributed by atoms with Crippen molar-refractivity contribution in [2.45, 2.75) is 6.54 Å². The molecule has 1 aliphatic heterocycles. The molecule has 1 fully saturated rings. The van der Waals surface area contributed by atoms with E-state index in [1.54, 1.807) is 42.5 Å². The van der Waals surface area contributed by atoms with Crippen LogP contribution in [0.4, 0.5) is 5.69 Å². The van der Waals surface area contributed by atoms with E-state index >= 15 is 0 Å². The van der Waals surface area contributed by atoms with Gasteiger partial charge in [0, 0.05) is 90.1 Å². The average molecular weight is 646 g/mol. The molecule has 8 nitrogen and oxygen atoms in total. The van der Waals surface area contributed by atoms with E-state index in [0.717, 1.165) is 54.7 Å². The van der Waals surface area contributed by atoms with Crippen LogP contribution in [0.5, 0.6) is 0 Å². The van der Waals surface area contributed by atoms with Crippen LogP contribution in [0, 0.1) is 11.3 Å². The molecule has 2 aliphatic rings. The molecule has 49 heavy (non-hydrogen) atoms. The Balaban J connectivity index is 1.02. The van der Waals surface area contributed by atoms with E-state index in [2.05, 4.69) is 62.9 Å². The van der Waals surface area contributed by atoms with Crippen molar-refractivity contribution in [1.29, 1.82) is 5.26 Å². The Hall–Kier alpha value is -6.04. The number of carbonyl (C=O) groups is 3. The van der Waals surface area contributed by atoms with E-state index in [1.807, 2.05) is 36.4 Å². The first-order valence-corrected chi connectivity index (χ1v) is 16.5. The van der Waals surface area contributed by atoms with Gasteiger partial charge < -0.3 is 15.5 Å². The molecule has 5 aromatic rings. The molecule has 0 aromatic heterocycles. The number of carbonyl (C=O) groups excluding carboxylic acids is 3. The lowest BCUT2D eigenvalue weighted by Crippen LogP contribution is -2.46. The number of hydrogen-bond donors (Lipinski definition) is 2. The lowest BCUT2D eigenvalue weighted by Gasteiger charge is -2.37. The molecule has 2 N–H and O–H groups in total. The normalized spacial score (nSPS) is 14.4. The lowest BCUT2D eigenvalue weighted by molar-refractivity contribution is 0.0952. The SMILES string of the molecule is N#CC1=C(NCCNC(=O)c2ccc(C(=O)c3ccccc3)cc2)c2ccc(N3CCN(Cc4ccccc4)CC3)c3cccc(c23)C1=O. The highest BCUT2D eigenvalue weighted by Gasteiger charge is 2.30. The summed E-state index contributed by atoms with van der Waals surface area (Å²) in [6, 6.07) is 38.0. The number of ketones is 2. The number of nitriles is 1. The Morgan fingerprint density at radius 3 is 2.08 bits per heavy atom. The van der Waals surface area contributed by atoms with Crippen LogP contribution in [-0.2, 0) is 6.54 Å². The molecule has 0 radical (unpaired) electrons. The summed E-state index contributed by atoms with van der Waals surface area (Å²) in [4.78, 5) is 44.0. The third-order valence-electron chi connectivity index (χ3n) is 9.24. The van der Waals surface area contributed by atoms with E-state index in [4.69, 9.17) is 0 Å². The van der Waals surface area contributed by atoms with Gasteiger partial charge in [0.2, 0.25) is 5.78 Å². The van der Waals surface area contributed by atoms with E-state index in [0.29, 0.717) is 34.5 Å². The zero-order valence-corrected chi connectivity index (χ0v) is 27.0. The summed E-state index contributed by atoms with van der Waals surface area (Å²) in [6.45, 7) is 5.10. The summed E-state index contributed by atoms with van der Waals surface area (Å²) in [5.41, 5.74) is 5.79. The highest BCUT2D eigenvalue weighted by molar-refractivity contribution is 6.27. The molecule has 7 rings (SSSR count). The van der Waals surface area contributed by atoms with Gasteiger partial charge in [0.15, 0.2) is 5.78 Å². The minimum Gasteiger partial charge on any atom is -0.382 e. The summed E-state index contributed by atoms with van der Waals surface area (Å²) < 4.78 is 0. The van der Waals surface area contributed by atoms with Gasteiger partial charge in [-0.15, -0.1) is 0 Å². The molecule has 1 saturated heterocycles. The fourth-order valence-corrected chi connectivity index (χ4v) is 6.72. The number of anilines is 1. The fraction of sp³-hybridized carbons (Fsp3) is 0.171. The van der Waals surface area contributed by atoms with Crippen LogP contribution < -0.4 is 15.5 Å². The number of benzene rings is 5. The molecule has 8 heteroatoms. The zero-order chi connectivity index (χ0) is 33.7. The predicted molar refractivity (Wildman–Crippen MR) is 191 cm³/mol. The summed E-state index contributed by atoms with van der Waals surface area (Å²) in [5.74, 6) is -0.691. The molecule has 5 aromatic carbocycles. The minimum atomic E-state index is -0.304. The molecule has 0 saturated carbocycles. The van der Waals surface area contributed by atoms with E-state index in [1.165, 1.54) is 5.56 Å². The van der Waals surface area contributed by atoms with Crippen molar-refractivity contribution in [3.63, 3.8) is 0 Å². The molecular formula is C41H35N5O3. The zero-order valence-electron chi connectivity index (χ0n) is 27.0. The molecule has 242 valence electrons. The first-order valence-electron chi connectivity index (χ1n) is 16.5. The van der Waals surface area contributed by atoms with E-state index in [9.17, 15) is 19.6 Å². The number of rotatable bonds is 10.